The molecule has 3 N–H and O–H groups in total. The van der Waals surface area contributed by atoms with E-state index in [-0.39, 0.29) is 11.6 Å². The van der Waals surface area contributed by atoms with Crippen LogP contribution in [0.15, 0.2) is 29.2 Å². The van der Waals surface area contributed by atoms with Crippen molar-refractivity contribution in [3.63, 3.8) is 0 Å². The van der Waals surface area contributed by atoms with Crippen LogP contribution < -0.4 is 10.5 Å². The maximum absolute atomic E-state index is 11.8. The van der Waals surface area contributed by atoms with Gasteiger partial charge >= 0.3 is 10.4 Å². The number of nitrogens with two attached hydrogens (primary N) is 1. The molecule has 0 spiro atoms. The second-order valence-corrected chi connectivity index (χ2v) is 6.55. The average Bonchev–Trinajstić information content (AvgIpc) is 2.28. The lowest BCUT2D eigenvalue weighted by atomic mass is 10.3. The Hall–Kier alpha value is -1.20. The molecule has 0 atom stereocenters. The maximum atomic E-state index is 11.8. The first-order chi connectivity index (χ1) is 8.74. The van der Waals surface area contributed by atoms with Gasteiger partial charge in [-0.2, -0.15) is 8.42 Å². The summed E-state index contributed by atoms with van der Waals surface area (Å²) in [6.45, 7) is -0.698. The normalized spacial score (nSPS) is 12.3. The van der Waals surface area contributed by atoms with Crippen molar-refractivity contribution in [2.24, 2.45) is 5.73 Å². The Morgan fingerprint density at radius 1 is 1.11 bits per heavy atom. The Labute approximate surface area is 111 Å². The smallest absolute Gasteiger partial charge is 0.397 e. The van der Waals surface area contributed by atoms with Gasteiger partial charge in [-0.25, -0.2) is 12.6 Å². The number of sulfone groups is 1. The van der Waals surface area contributed by atoms with Crippen LogP contribution in [0.2, 0.25) is 0 Å². The minimum atomic E-state index is -4.64. The Morgan fingerprint density at radius 3 is 2.16 bits per heavy atom. The molecule has 19 heavy (non-hydrogen) atoms. The molecule has 0 saturated carbocycles. The van der Waals surface area contributed by atoms with Crippen LogP contribution in [0, 0.1) is 0 Å². The Morgan fingerprint density at radius 2 is 1.68 bits per heavy atom. The highest BCUT2D eigenvalue weighted by Gasteiger charge is 2.16. The number of hydrogen-bond donors (Lipinski definition) is 2. The number of hydrogen-bond acceptors (Lipinski definition) is 7. The molecule has 0 aliphatic carbocycles. The summed E-state index contributed by atoms with van der Waals surface area (Å²) in [5.41, 5.74) is 5.15. The molecule has 0 amide bonds. The lowest BCUT2D eigenvalue weighted by molar-refractivity contribution is 0.284. The van der Waals surface area contributed by atoms with Crippen molar-refractivity contribution in [1.82, 2.24) is 0 Å². The van der Waals surface area contributed by atoms with Crippen molar-refractivity contribution in [3.05, 3.63) is 24.3 Å². The zero-order chi connectivity index (χ0) is 14.5. The molecule has 0 bridgehead atoms. The summed E-state index contributed by atoms with van der Waals surface area (Å²) >= 11 is 0. The van der Waals surface area contributed by atoms with E-state index in [0.29, 0.717) is 5.75 Å². The third-order valence-corrected chi connectivity index (χ3v) is 4.18. The van der Waals surface area contributed by atoms with Gasteiger partial charge in [-0.3, -0.25) is 10.3 Å². The van der Waals surface area contributed by atoms with Crippen LogP contribution in [-0.4, -0.2) is 40.5 Å². The Bertz CT molecular complexity index is 606. The van der Waals surface area contributed by atoms with Crippen LogP contribution in [0.1, 0.15) is 0 Å². The number of ether oxygens (including phenoxy) is 1. The van der Waals surface area contributed by atoms with Crippen LogP contribution in [0.5, 0.6) is 5.75 Å². The Balaban J connectivity index is 2.72. The molecule has 0 radical (unpaired) electrons. The molecule has 1 aromatic carbocycles. The molecule has 0 heterocycles. The van der Waals surface area contributed by atoms with E-state index in [0.717, 1.165) is 0 Å². The van der Waals surface area contributed by atoms with E-state index in [1.165, 1.54) is 24.3 Å². The van der Waals surface area contributed by atoms with Gasteiger partial charge in [-0.05, 0) is 24.3 Å². The van der Waals surface area contributed by atoms with Crippen molar-refractivity contribution in [1.29, 1.82) is 0 Å². The standard InChI is InChI=1S/C9H13NO7S2/c10-7-16-8-1-3-9(4-2-8)18(11,12)6-5-17-19(13,14)15/h1-4H,5-7,10H2,(H,13,14,15). The molecule has 1 aromatic rings. The largest absolute Gasteiger partial charge is 0.479 e. The van der Waals surface area contributed by atoms with Crippen molar-refractivity contribution >= 4 is 20.2 Å². The van der Waals surface area contributed by atoms with Crippen molar-refractivity contribution in [2.45, 2.75) is 4.90 Å². The topological polar surface area (TPSA) is 133 Å². The van der Waals surface area contributed by atoms with E-state index in [1.54, 1.807) is 0 Å². The van der Waals surface area contributed by atoms with Gasteiger partial charge in [-0.1, -0.05) is 0 Å². The minimum Gasteiger partial charge on any atom is -0.479 e. The van der Waals surface area contributed by atoms with Crippen molar-refractivity contribution in [2.75, 3.05) is 19.1 Å². The second kappa shape index (κ2) is 6.30. The van der Waals surface area contributed by atoms with E-state index < -0.39 is 32.6 Å². The second-order valence-electron chi connectivity index (χ2n) is 3.35. The molecular weight excluding hydrogens is 298 g/mol. The molecule has 0 aliphatic heterocycles. The quantitative estimate of drug-likeness (QED) is 0.512. The number of benzene rings is 1. The van der Waals surface area contributed by atoms with Gasteiger partial charge in [0.05, 0.1) is 17.3 Å². The van der Waals surface area contributed by atoms with E-state index >= 15 is 0 Å². The van der Waals surface area contributed by atoms with E-state index in [4.69, 9.17) is 15.0 Å². The first kappa shape index (κ1) is 15.9. The highest BCUT2D eigenvalue weighted by molar-refractivity contribution is 7.91. The van der Waals surface area contributed by atoms with Gasteiger partial charge in [0.25, 0.3) is 0 Å². The zero-order valence-corrected chi connectivity index (χ0v) is 11.4. The molecule has 8 nitrogen and oxygen atoms in total. The van der Waals surface area contributed by atoms with Gasteiger partial charge in [-0.15, -0.1) is 0 Å². The molecule has 0 fully saturated rings. The van der Waals surface area contributed by atoms with Gasteiger partial charge in [0.2, 0.25) is 0 Å². The summed E-state index contributed by atoms with van der Waals surface area (Å²) in [6, 6.07) is 5.44. The van der Waals surface area contributed by atoms with Crippen molar-refractivity contribution in [3.8, 4) is 5.75 Å². The molecular formula is C9H13NO7S2. The fraction of sp³-hybridized carbons (Fsp3) is 0.333. The highest BCUT2D eigenvalue weighted by atomic mass is 32.3. The lowest BCUT2D eigenvalue weighted by Gasteiger charge is -2.06. The van der Waals surface area contributed by atoms with Crippen LogP contribution in [0.4, 0.5) is 0 Å². The minimum absolute atomic E-state index is 0.0178. The molecule has 0 saturated heterocycles. The fourth-order valence-electron chi connectivity index (χ4n) is 1.21. The predicted octanol–water partition coefficient (Wildman–Crippen LogP) is -0.425. The Kier molecular flexibility index (Phi) is 5.26. The predicted molar refractivity (Wildman–Crippen MR) is 65.7 cm³/mol. The van der Waals surface area contributed by atoms with E-state index in [2.05, 4.69) is 4.18 Å². The van der Waals surface area contributed by atoms with Crippen LogP contribution >= 0.6 is 0 Å². The van der Waals surface area contributed by atoms with Crippen molar-refractivity contribution < 1.29 is 30.3 Å². The summed E-state index contributed by atoms with van der Waals surface area (Å²) in [4.78, 5) is -0.0178. The zero-order valence-electron chi connectivity index (χ0n) is 9.72. The molecule has 0 aliphatic rings. The molecule has 0 aromatic heterocycles. The third-order valence-electron chi connectivity index (χ3n) is 2.02. The van der Waals surface area contributed by atoms with Crippen LogP contribution in [0.3, 0.4) is 0 Å². The van der Waals surface area contributed by atoms with Crippen LogP contribution in [-0.2, 0) is 24.4 Å². The van der Waals surface area contributed by atoms with Gasteiger partial charge in [0.1, 0.15) is 12.5 Å². The van der Waals surface area contributed by atoms with E-state index in [1.807, 2.05) is 0 Å². The monoisotopic (exact) mass is 311 g/mol. The maximum Gasteiger partial charge on any atom is 0.397 e. The summed E-state index contributed by atoms with van der Waals surface area (Å²) in [7, 11) is -8.34. The molecule has 108 valence electrons. The molecule has 1 rings (SSSR count). The van der Waals surface area contributed by atoms with Gasteiger partial charge in [0.15, 0.2) is 9.84 Å². The molecule has 0 unspecified atom stereocenters. The SMILES string of the molecule is NCOc1ccc(S(=O)(=O)CCOS(=O)(=O)O)cc1. The fourth-order valence-corrected chi connectivity index (χ4v) is 2.69. The number of rotatable bonds is 7. The third kappa shape index (κ3) is 5.53. The first-order valence-electron chi connectivity index (χ1n) is 5.02. The van der Waals surface area contributed by atoms with Gasteiger partial charge < -0.3 is 4.74 Å². The first-order valence-corrected chi connectivity index (χ1v) is 8.04. The average molecular weight is 311 g/mol. The lowest BCUT2D eigenvalue weighted by Crippen LogP contribution is -2.15. The van der Waals surface area contributed by atoms with E-state index in [9.17, 15) is 16.8 Å². The molecule has 10 heteroatoms. The highest BCUT2D eigenvalue weighted by Crippen LogP contribution is 2.16. The summed E-state index contributed by atoms with van der Waals surface area (Å²) in [6.07, 6.45) is 0. The van der Waals surface area contributed by atoms with Crippen LogP contribution in [0.25, 0.3) is 0 Å². The summed E-state index contributed by atoms with van der Waals surface area (Å²) in [5, 5.41) is 0. The van der Waals surface area contributed by atoms with Gasteiger partial charge in [0, 0.05) is 0 Å². The summed E-state index contributed by atoms with van der Waals surface area (Å²) < 4.78 is 61.3. The summed E-state index contributed by atoms with van der Waals surface area (Å²) in [5.74, 6) is -0.167.